The second-order valence-electron chi connectivity index (χ2n) is 8.37. The minimum atomic E-state index is 0. The van der Waals surface area contributed by atoms with E-state index in [0.29, 0.717) is 5.91 Å². The van der Waals surface area contributed by atoms with Crippen LogP contribution in [0.2, 0.25) is 0 Å². The van der Waals surface area contributed by atoms with Crippen LogP contribution in [0.25, 0.3) is 0 Å². The summed E-state index contributed by atoms with van der Waals surface area (Å²) in [4.78, 5) is 21.4. The number of rotatable bonds is 5. The van der Waals surface area contributed by atoms with Crippen LogP contribution in [0.4, 0.5) is 5.69 Å². The van der Waals surface area contributed by atoms with Gasteiger partial charge in [0.25, 0.3) is 0 Å². The van der Waals surface area contributed by atoms with Gasteiger partial charge >= 0.3 is 0 Å². The highest BCUT2D eigenvalue weighted by Crippen LogP contribution is 2.27. The van der Waals surface area contributed by atoms with Crippen molar-refractivity contribution in [3.63, 3.8) is 0 Å². The van der Waals surface area contributed by atoms with E-state index in [2.05, 4.69) is 61.8 Å². The number of halogens is 1. The van der Waals surface area contributed by atoms with Crippen molar-refractivity contribution in [2.24, 2.45) is 10.9 Å². The van der Waals surface area contributed by atoms with E-state index in [1.54, 1.807) is 7.05 Å². The minimum absolute atomic E-state index is 0. The number of likely N-dealkylation sites (tertiary alicyclic amines) is 1. The van der Waals surface area contributed by atoms with E-state index in [9.17, 15) is 4.79 Å². The molecular weight excluding hydrogens is 489 g/mol. The maximum atomic E-state index is 12.6. The van der Waals surface area contributed by atoms with Gasteiger partial charge in [-0.25, -0.2) is 0 Å². The molecule has 164 valence electrons. The van der Waals surface area contributed by atoms with E-state index in [1.807, 2.05) is 0 Å². The van der Waals surface area contributed by atoms with Gasteiger partial charge in [-0.1, -0.05) is 37.1 Å². The Morgan fingerprint density at radius 1 is 1.17 bits per heavy atom. The maximum Gasteiger partial charge on any atom is 0.225 e. The summed E-state index contributed by atoms with van der Waals surface area (Å²) >= 11 is 0. The number of aliphatic imine (C=N–C) groups is 1. The smallest absolute Gasteiger partial charge is 0.225 e. The first-order valence-electron chi connectivity index (χ1n) is 11.0. The summed E-state index contributed by atoms with van der Waals surface area (Å²) in [7, 11) is 1.80. The molecule has 2 heterocycles. The molecule has 0 bridgehead atoms. The highest BCUT2D eigenvalue weighted by atomic mass is 127. The third-order valence-corrected chi connectivity index (χ3v) is 6.32. The molecule has 1 aliphatic carbocycles. The zero-order chi connectivity index (χ0) is 20.1. The normalized spacial score (nSPS) is 21.8. The van der Waals surface area contributed by atoms with E-state index in [0.717, 1.165) is 57.9 Å². The average molecular weight is 523 g/mol. The number of carbonyl (C=O) groups excluding carboxylic acids is 1. The molecule has 1 atom stereocenters. The first-order chi connectivity index (χ1) is 14.2. The van der Waals surface area contributed by atoms with E-state index < -0.39 is 0 Å². The molecule has 2 N–H and O–H groups in total. The third kappa shape index (κ3) is 5.68. The van der Waals surface area contributed by atoms with Gasteiger partial charge in [-0.05, 0) is 37.0 Å². The Labute approximate surface area is 197 Å². The lowest BCUT2D eigenvalue weighted by Crippen LogP contribution is -2.45. The van der Waals surface area contributed by atoms with Crippen LogP contribution < -0.4 is 15.5 Å². The lowest BCUT2D eigenvalue weighted by Gasteiger charge is -2.22. The Balaban J connectivity index is 0.00000256. The lowest BCUT2D eigenvalue weighted by molar-refractivity contribution is -0.134. The van der Waals surface area contributed by atoms with Gasteiger partial charge in [0.05, 0.1) is 0 Å². The van der Waals surface area contributed by atoms with Gasteiger partial charge in [-0.15, -0.1) is 24.0 Å². The van der Waals surface area contributed by atoms with Crippen LogP contribution in [-0.4, -0.2) is 56.0 Å². The zero-order valence-electron chi connectivity index (χ0n) is 17.8. The van der Waals surface area contributed by atoms with Gasteiger partial charge in [-0.2, -0.15) is 0 Å². The molecule has 6 nitrogen and oxygen atoms in total. The van der Waals surface area contributed by atoms with Gasteiger partial charge in [0.2, 0.25) is 5.91 Å². The second-order valence-corrected chi connectivity index (χ2v) is 8.37. The number of nitrogens with zero attached hydrogens (tertiary/aromatic N) is 3. The average Bonchev–Trinajstić information content (AvgIpc) is 3.53. The molecule has 1 saturated carbocycles. The molecule has 4 rings (SSSR count). The summed E-state index contributed by atoms with van der Waals surface area (Å²) in [6.45, 7) is 4.34. The van der Waals surface area contributed by atoms with Crippen LogP contribution in [-0.2, 0) is 11.3 Å². The standard InChI is InChI=1S/C23H33N5O.HI/c1-24-23(25-16-18-7-6-10-21(15-18)27-12-4-5-13-27)26-20-11-14-28(17-20)22(29)19-8-2-3-9-19;/h4-7,10,15,19-20H,2-3,8-9,11-14,16-17H2,1H3,(H2,24,25,26);1H. The topological polar surface area (TPSA) is 60.0 Å². The van der Waals surface area contributed by atoms with Gasteiger partial charge < -0.3 is 20.4 Å². The molecular formula is C23H34IN5O. The number of amides is 1. The Morgan fingerprint density at radius 3 is 2.67 bits per heavy atom. The number of benzene rings is 1. The summed E-state index contributed by atoms with van der Waals surface area (Å²) in [5, 5.41) is 6.94. The first kappa shape index (κ1) is 22.9. The van der Waals surface area contributed by atoms with Crippen LogP contribution >= 0.6 is 24.0 Å². The largest absolute Gasteiger partial charge is 0.364 e. The molecule has 1 aromatic carbocycles. The molecule has 1 saturated heterocycles. The van der Waals surface area contributed by atoms with Crippen molar-refractivity contribution in [2.75, 3.05) is 38.1 Å². The van der Waals surface area contributed by atoms with Crippen molar-refractivity contribution in [3.8, 4) is 0 Å². The molecule has 1 unspecified atom stereocenters. The van der Waals surface area contributed by atoms with Crippen molar-refractivity contribution in [1.29, 1.82) is 0 Å². The summed E-state index contributed by atoms with van der Waals surface area (Å²) in [5.74, 6) is 1.44. The van der Waals surface area contributed by atoms with Crippen LogP contribution in [0.3, 0.4) is 0 Å². The van der Waals surface area contributed by atoms with Gasteiger partial charge in [0.15, 0.2) is 5.96 Å². The number of hydrogen-bond acceptors (Lipinski definition) is 3. The molecule has 2 aliphatic heterocycles. The Hall–Kier alpha value is -1.77. The van der Waals surface area contributed by atoms with E-state index in [-0.39, 0.29) is 35.9 Å². The first-order valence-corrected chi connectivity index (χ1v) is 11.0. The minimum Gasteiger partial charge on any atom is -0.364 e. The highest BCUT2D eigenvalue weighted by Gasteiger charge is 2.32. The van der Waals surface area contributed by atoms with Gasteiger partial charge in [0.1, 0.15) is 0 Å². The highest BCUT2D eigenvalue weighted by molar-refractivity contribution is 14.0. The SMILES string of the molecule is CN=C(NCc1cccc(N2CC=CC2)c1)NC1CCN(C(=O)C2CCCC2)C1.I. The molecule has 1 aromatic rings. The van der Waals surface area contributed by atoms with Crippen molar-refractivity contribution in [1.82, 2.24) is 15.5 Å². The lowest BCUT2D eigenvalue weighted by atomic mass is 10.1. The van der Waals surface area contributed by atoms with Crippen LogP contribution in [0.15, 0.2) is 41.4 Å². The Bertz CT molecular complexity index is 767. The van der Waals surface area contributed by atoms with E-state index in [4.69, 9.17) is 0 Å². The molecule has 30 heavy (non-hydrogen) atoms. The molecule has 3 aliphatic rings. The fourth-order valence-electron chi connectivity index (χ4n) is 4.64. The predicted octanol–water partition coefficient (Wildman–Crippen LogP) is 3.14. The third-order valence-electron chi connectivity index (χ3n) is 6.32. The zero-order valence-corrected chi connectivity index (χ0v) is 20.2. The van der Waals surface area contributed by atoms with Crippen molar-refractivity contribution >= 4 is 41.5 Å². The molecule has 2 fully saturated rings. The fraction of sp³-hybridized carbons (Fsp3) is 0.565. The summed E-state index contributed by atoms with van der Waals surface area (Å²) < 4.78 is 0. The number of anilines is 1. The Morgan fingerprint density at radius 2 is 1.93 bits per heavy atom. The van der Waals surface area contributed by atoms with Crippen molar-refractivity contribution < 1.29 is 4.79 Å². The van der Waals surface area contributed by atoms with Crippen LogP contribution in [0.1, 0.15) is 37.7 Å². The number of nitrogens with one attached hydrogen (secondary N) is 2. The van der Waals surface area contributed by atoms with E-state index in [1.165, 1.54) is 24.1 Å². The van der Waals surface area contributed by atoms with E-state index >= 15 is 0 Å². The fourth-order valence-corrected chi connectivity index (χ4v) is 4.64. The van der Waals surface area contributed by atoms with Crippen molar-refractivity contribution in [3.05, 3.63) is 42.0 Å². The molecule has 0 radical (unpaired) electrons. The Kier molecular flexibility index (Phi) is 8.41. The summed E-state index contributed by atoms with van der Waals surface area (Å²) in [6, 6.07) is 8.94. The number of carbonyl (C=O) groups is 1. The van der Waals surface area contributed by atoms with Gasteiger partial charge in [0, 0.05) is 57.4 Å². The quantitative estimate of drug-likeness (QED) is 0.270. The molecule has 7 heteroatoms. The van der Waals surface area contributed by atoms with Crippen LogP contribution in [0.5, 0.6) is 0 Å². The summed E-state index contributed by atoms with van der Waals surface area (Å²) in [6.07, 6.45) is 9.96. The predicted molar refractivity (Wildman–Crippen MR) is 133 cm³/mol. The van der Waals surface area contributed by atoms with Crippen molar-refractivity contribution in [2.45, 2.75) is 44.7 Å². The monoisotopic (exact) mass is 523 g/mol. The molecule has 0 aromatic heterocycles. The summed E-state index contributed by atoms with van der Waals surface area (Å²) in [5.41, 5.74) is 2.50. The maximum absolute atomic E-state index is 12.6. The number of guanidine groups is 1. The van der Waals surface area contributed by atoms with Crippen LogP contribution in [0, 0.1) is 5.92 Å². The number of hydrogen-bond donors (Lipinski definition) is 2. The molecule has 0 spiro atoms. The molecule has 1 amide bonds. The van der Waals surface area contributed by atoms with Gasteiger partial charge in [-0.3, -0.25) is 9.79 Å². The second kappa shape index (κ2) is 11.0.